The molecule has 1 unspecified atom stereocenters. The number of halogens is 2. The number of aliphatic hydroxyl groups excluding tert-OH is 1. The van der Waals surface area contributed by atoms with Crippen LogP contribution >= 0.6 is 0 Å². The quantitative estimate of drug-likeness (QED) is 0.291. The molecule has 3 aromatic carbocycles. The molecular formula is C32H35F2N5O3. The lowest BCUT2D eigenvalue weighted by Crippen LogP contribution is -2.44. The summed E-state index contributed by atoms with van der Waals surface area (Å²) in [5.74, 6) is -1.05. The van der Waals surface area contributed by atoms with Crippen molar-refractivity contribution in [1.29, 1.82) is 0 Å². The van der Waals surface area contributed by atoms with Crippen LogP contribution < -0.4 is 10.2 Å². The Morgan fingerprint density at radius 1 is 1.02 bits per heavy atom. The second kappa shape index (κ2) is 12.2. The zero-order valence-corrected chi connectivity index (χ0v) is 23.6. The Kier molecular flexibility index (Phi) is 8.19. The Labute approximate surface area is 243 Å². The molecule has 1 atom stereocenters. The summed E-state index contributed by atoms with van der Waals surface area (Å²) >= 11 is 0. The smallest absolute Gasteiger partial charge is 0.257 e. The number of piperazine rings is 1. The Morgan fingerprint density at radius 2 is 1.76 bits per heavy atom. The van der Waals surface area contributed by atoms with Gasteiger partial charge in [0.2, 0.25) is 0 Å². The van der Waals surface area contributed by atoms with Crippen LogP contribution in [0.3, 0.4) is 0 Å². The van der Waals surface area contributed by atoms with Crippen LogP contribution in [0.1, 0.15) is 46.0 Å². The van der Waals surface area contributed by atoms with Crippen molar-refractivity contribution in [2.45, 2.75) is 25.4 Å². The lowest BCUT2D eigenvalue weighted by Gasteiger charge is -2.34. The van der Waals surface area contributed by atoms with Gasteiger partial charge in [0.1, 0.15) is 17.7 Å². The topological polar surface area (TPSA) is 93.7 Å². The summed E-state index contributed by atoms with van der Waals surface area (Å²) in [6.45, 7) is 5.34. The summed E-state index contributed by atoms with van der Waals surface area (Å²) in [5.41, 5.74) is 3.89. The van der Waals surface area contributed by atoms with Crippen molar-refractivity contribution < 1.29 is 23.4 Å². The van der Waals surface area contributed by atoms with E-state index in [4.69, 9.17) is 4.74 Å². The summed E-state index contributed by atoms with van der Waals surface area (Å²) in [5, 5.41) is 21.6. The van der Waals surface area contributed by atoms with Gasteiger partial charge in [-0.1, -0.05) is 6.07 Å². The van der Waals surface area contributed by atoms with Crippen molar-refractivity contribution in [2.24, 2.45) is 5.92 Å². The Balaban J connectivity index is 1.27. The highest BCUT2D eigenvalue weighted by Crippen LogP contribution is 2.31. The number of likely N-dealkylation sites (N-methyl/N-ethyl adjacent to an activating group) is 1. The monoisotopic (exact) mass is 575 g/mol. The SMILES string of the molecule is CN1CCN(c2ccc(C(=O)Nc3n[nH]c4ccc(C(O)c5cc(F)cc(F)c5)cc34)c(CC3CCOCC3)c2)CC1. The summed E-state index contributed by atoms with van der Waals surface area (Å²) in [4.78, 5) is 18.4. The van der Waals surface area contributed by atoms with Gasteiger partial charge in [-0.05, 0) is 91.4 Å². The molecule has 2 fully saturated rings. The van der Waals surface area contributed by atoms with E-state index in [1.165, 1.54) is 0 Å². The maximum absolute atomic E-state index is 13.8. The largest absolute Gasteiger partial charge is 0.384 e. The molecule has 0 spiro atoms. The summed E-state index contributed by atoms with van der Waals surface area (Å²) in [7, 11) is 2.13. The summed E-state index contributed by atoms with van der Waals surface area (Å²) in [6, 6.07) is 14.1. The van der Waals surface area contributed by atoms with E-state index in [2.05, 4.69) is 38.4 Å². The number of benzene rings is 3. The van der Waals surface area contributed by atoms with Gasteiger partial charge in [-0.2, -0.15) is 5.10 Å². The molecule has 3 heterocycles. The molecule has 2 aliphatic heterocycles. The van der Waals surface area contributed by atoms with Crippen molar-refractivity contribution in [2.75, 3.05) is 56.7 Å². The number of aromatic nitrogens is 2. The van der Waals surface area contributed by atoms with Crippen LogP contribution in [-0.4, -0.2) is 72.6 Å². The summed E-state index contributed by atoms with van der Waals surface area (Å²) in [6.07, 6.45) is 1.45. The minimum absolute atomic E-state index is 0.0964. The van der Waals surface area contributed by atoms with Gasteiger partial charge in [0.05, 0.1) is 5.52 Å². The molecule has 1 amide bonds. The number of anilines is 2. The fourth-order valence-electron chi connectivity index (χ4n) is 5.89. The maximum Gasteiger partial charge on any atom is 0.257 e. The number of carbonyl (C=O) groups is 1. The number of carbonyl (C=O) groups excluding carboxylic acids is 1. The highest BCUT2D eigenvalue weighted by atomic mass is 19.1. The van der Waals surface area contributed by atoms with Crippen LogP contribution in [0.2, 0.25) is 0 Å². The molecule has 2 saturated heterocycles. The molecule has 0 saturated carbocycles. The zero-order valence-electron chi connectivity index (χ0n) is 23.6. The second-order valence-electron chi connectivity index (χ2n) is 11.3. The number of hydrogen-bond donors (Lipinski definition) is 3. The van der Waals surface area contributed by atoms with Crippen LogP contribution in [0.5, 0.6) is 0 Å². The molecule has 4 aromatic rings. The van der Waals surface area contributed by atoms with E-state index in [-0.39, 0.29) is 11.5 Å². The number of aromatic amines is 1. The van der Waals surface area contributed by atoms with Crippen LogP contribution in [-0.2, 0) is 11.2 Å². The van der Waals surface area contributed by atoms with Crippen molar-refractivity contribution in [1.82, 2.24) is 15.1 Å². The van der Waals surface area contributed by atoms with E-state index >= 15 is 0 Å². The van der Waals surface area contributed by atoms with E-state index in [9.17, 15) is 18.7 Å². The maximum atomic E-state index is 13.8. The van der Waals surface area contributed by atoms with Gasteiger partial charge < -0.3 is 25.0 Å². The molecule has 0 radical (unpaired) electrons. The molecule has 6 rings (SSSR count). The zero-order chi connectivity index (χ0) is 29.2. The molecule has 1 aromatic heterocycles. The van der Waals surface area contributed by atoms with Gasteiger partial charge >= 0.3 is 0 Å². The first-order valence-corrected chi connectivity index (χ1v) is 14.4. The molecule has 42 heavy (non-hydrogen) atoms. The van der Waals surface area contributed by atoms with E-state index in [1.807, 2.05) is 12.1 Å². The fourth-order valence-corrected chi connectivity index (χ4v) is 5.89. The van der Waals surface area contributed by atoms with Crippen LogP contribution in [0.25, 0.3) is 10.9 Å². The van der Waals surface area contributed by atoms with E-state index < -0.39 is 17.7 Å². The normalized spacial score (nSPS) is 17.5. The third-order valence-corrected chi connectivity index (χ3v) is 8.39. The van der Waals surface area contributed by atoms with Gasteiger partial charge in [0, 0.05) is 62.1 Å². The van der Waals surface area contributed by atoms with E-state index in [0.29, 0.717) is 33.8 Å². The average molecular weight is 576 g/mol. The molecule has 2 aliphatic rings. The fraction of sp³-hybridized carbons (Fsp3) is 0.375. The number of fused-ring (bicyclic) bond motifs is 1. The number of H-pyrrole nitrogens is 1. The second-order valence-corrected chi connectivity index (χ2v) is 11.3. The first kappa shape index (κ1) is 28.3. The number of ether oxygens (including phenoxy) is 1. The van der Waals surface area contributed by atoms with Gasteiger partial charge in [-0.15, -0.1) is 0 Å². The number of nitrogens with one attached hydrogen (secondary N) is 2. The number of hydrogen-bond acceptors (Lipinski definition) is 6. The highest BCUT2D eigenvalue weighted by Gasteiger charge is 2.23. The lowest BCUT2D eigenvalue weighted by atomic mass is 9.89. The standard InChI is InChI=1S/C32H35F2N5O3/c1-38-8-10-39(11-9-38)26-3-4-27(22(17-26)14-20-6-12-42-13-7-20)32(41)35-31-28-18-21(2-5-29(28)36-37-31)30(40)23-15-24(33)19-25(34)16-23/h2-5,15-20,30,40H,6-14H2,1H3,(H2,35,36,37,41). The number of rotatable bonds is 7. The Morgan fingerprint density at radius 3 is 2.50 bits per heavy atom. The lowest BCUT2D eigenvalue weighted by molar-refractivity contribution is 0.0664. The van der Waals surface area contributed by atoms with Gasteiger partial charge in [0.25, 0.3) is 5.91 Å². The average Bonchev–Trinajstić information content (AvgIpc) is 3.39. The van der Waals surface area contributed by atoms with Crippen LogP contribution in [0, 0.1) is 17.6 Å². The summed E-state index contributed by atoms with van der Waals surface area (Å²) < 4.78 is 33.1. The third-order valence-electron chi connectivity index (χ3n) is 8.39. The van der Waals surface area contributed by atoms with Crippen LogP contribution in [0.4, 0.5) is 20.3 Å². The molecule has 10 heteroatoms. The minimum Gasteiger partial charge on any atom is -0.384 e. The van der Waals surface area contributed by atoms with Crippen molar-refractivity contribution in [3.8, 4) is 0 Å². The third kappa shape index (κ3) is 6.16. The van der Waals surface area contributed by atoms with Crippen LogP contribution in [0.15, 0.2) is 54.6 Å². The number of nitrogens with zero attached hydrogens (tertiary/aromatic N) is 3. The van der Waals surface area contributed by atoms with Crippen molar-refractivity contribution in [3.63, 3.8) is 0 Å². The molecule has 0 bridgehead atoms. The van der Waals surface area contributed by atoms with Crippen molar-refractivity contribution >= 4 is 28.3 Å². The first-order valence-electron chi connectivity index (χ1n) is 14.4. The van der Waals surface area contributed by atoms with Gasteiger partial charge in [0.15, 0.2) is 5.82 Å². The Hall–Kier alpha value is -3.86. The number of amides is 1. The van der Waals surface area contributed by atoms with E-state index in [0.717, 1.165) is 88.1 Å². The predicted molar refractivity (Wildman–Crippen MR) is 158 cm³/mol. The van der Waals surface area contributed by atoms with Crippen molar-refractivity contribution in [3.05, 3.63) is 88.5 Å². The first-order chi connectivity index (χ1) is 20.3. The number of aliphatic hydroxyl groups is 1. The van der Waals surface area contributed by atoms with Gasteiger partial charge in [-0.3, -0.25) is 9.89 Å². The molecular weight excluding hydrogens is 540 g/mol. The molecule has 0 aliphatic carbocycles. The predicted octanol–water partition coefficient (Wildman–Crippen LogP) is 4.90. The van der Waals surface area contributed by atoms with Gasteiger partial charge in [-0.25, -0.2) is 8.78 Å². The molecule has 220 valence electrons. The minimum atomic E-state index is -1.26. The van der Waals surface area contributed by atoms with E-state index in [1.54, 1.807) is 18.2 Å². The molecule has 8 nitrogen and oxygen atoms in total. The molecule has 3 N–H and O–H groups in total. The Bertz CT molecular complexity index is 1560. The highest BCUT2D eigenvalue weighted by molar-refractivity contribution is 6.09.